The van der Waals surface area contributed by atoms with Gasteiger partial charge in [-0.25, -0.2) is 4.79 Å². The van der Waals surface area contributed by atoms with Crippen LogP contribution in [-0.2, 0) is 4.79 Å². The summed E-state index contributed by atoms with van der Waals surface area (Å²) in [6, 6.07) is 0. The third-order valence-electron chi connectivity index (χ3n) is 3.63. The molecule has 0 radical (unpaired) electrons. The molecule has 0 aromatic carbocycles. The molecule has 3 N–H and O–H groups in total. The topological polar surface area (TPSA) is 77.8 Å². The van der Waals surface area contributed by atoms with Crippen LogP contribution in [0.1, 0.15) is 13.8 Å². The first-order valence-corrected chi connectivity index (χ1v) is 7.61. The Morgan fingerprint density at radius 2 is 0.824 bits per heavy atom. The lowest BCUT2D eigenvalue weighted by atomic mass is 9.88. The Morgan fingerprint density at radius 3 is 1.00 bits per heavy atom. The highest BCUT2D eigenvalue weighted by atomic mass is 19.4. The third kappa shape index (κ3) is 5.01. The van der Waals surface area contributed by atoms with Gasteiger partial charge < -0.3 is 15.3 Å². The number of carbonyl (C=O) groups is 1. The van der Waals surface area contributed by atoms with Gasteiger partial charge in [-0.15, -0.1) is 0 Å². The molecule has 0 unspecified atom stereocenters. The SMILES string of the molecule is C=C(C)C(=O)O.CC(F)(F)C(F)(F)C(F)(F)C(F)(F)C(F)(F)C(F)(F)C(F)(F)C(F)(F)C(O)O. The van der Waals surface area contributed by atoms with Crippen molar-refractivity contribution in [3.8, 4) is 0 Å². The third-order valence-corrected chi connectivity index (χ3v) is 3.63. The molecule has 204 valence electrons. The largest absolute Gasteiger partial charge is 0.478 e. The van der Waals surface area contributed by atoms with E-state index in [-0.39, 0.29) is 5.57 Å². The summed E-state index contributed by atoms with van der Waals surface area (Å²) < 4.78 is 207. The van der Waals surface area contributed by atoms with E-state index in [1.807, 2.05) is 0 Å². The number of hydrogen-bond acceptors (Lipinski definition) is 3. The van der Waals surface area contributed by atoms with Gasteiger partial charge in [0.05, 0.1) is 0 Å². The molecule has 0 aliphatic heterocycles. The highest BCUT2D eigenvalue weighted by Gasteiger charge is 2.94. The predicted molar refractivity (Wildman–Crippen MR) is 75.9 cm³/mol. The minimum absolute atomic E-state index is 0.176. The van der Waals surface area contributed by atoms with Gasteiger partial charge in [0.1, 0.15) is 0 Å². The summed E-state index contributed by atoms with van der Waals surface area (Å²) >= 11 is 0. The molecule has 0 fully saturated rings. The molecule has 0 aromatic rings. The minimum atomic E-state index is -8.56. The van der Waals surface area contributed by atoms with Crippen molar-refractivity contribution in [2.24, 2.45) is 0 Å². The quantitative estimate of drug-likeness (QED) is 0.214. The standard InChI is InChI=1S/C10H6F16O2.C4H6O2/c1-3(11,12)5(15,16)7(19,20)9(23,24)10(25,26)8(21,22)6(17,18)4(13,14)2(27)28;1-3(2)4(5)6/h2,27-28H,1H3;1H2,2H3,(H,5,6). The second-order valence-electron chi connectivity index (χ2n) is 6.42. The number of halogens is 16. The molecular weight excluding hydrogens is 536 g/mol. The van der Waals surface area contributed by atoms with Crippen molar-refractivity contribution >= 4 is 5.97 Å². The van der Waals surface area contributed by atoms with Crippen LogP contribution in [0, 0.1) is 0 Å². The lowest BCUT2D eigenvalue weighted by Gasteiger charge is -2.43. The van der Waals surface area contributed by atoms with Crippen molar-refractivity contribution in [1.82, 2.24) is 0 Å². The number of hydrogen-bond donors (Lipinski definition) is 3. The summed E-state index contributed by atoms with van der Waals surface area (Å²) in [5.74, 6) is -63.6. The van der Waals surface area contributed by atoms with Gasteiger partial charge in [-0.05, 0) is 6.92 Å². The van der Waals surface area contributed by atoms with Gasteiger partial charge in [0, 0.05) is 12.5 Å². The zero-order valence-electron chi connectivity index (χ0n) is 16.1. The van der Waals surface area contributed by atoms with Crippen LogP contribution in [0.4, 0.5) is 70.2 Å². The molecule has 4 nitrogen and oxygen atoms in total. The lowest BCUT2D eigenvalue weighted by molar-refractivity contribution is -0.459. The predicted octanol–water partition coefficient (Wildman–Crippen LogP) is 5.05. The maximum atomic E-state index is 13.1. The Balaban J connectivity index is 0. The Morgan fingerprint density at radius 1 is 0.618 bits per heavy atom. The van der Waals surface area contributed by atoms with E-state index in [4.69, 9.17) is 15.3 Å². The molecule has 0 heterocycles. The van der Waals surface area contributed by atoms with Crippen molar-refractivity contribution in [3.05, 3.63) is 12.2 Å². The molecule has 0 amide bonds. The van der Waals surface area contributed by atoms with Crippen LogP contribution in [0.15, 0.2) is 12.2 Å². The molecule has 0 aromatic heterocycles. The van der Waals surface area contributed by atoms with E-state index in [0.29, 0.717) is 0 Å². The summed E-state index contributed by atoms with van der Waals surface area (Å²) in [6.45, 7) is 3.35. The van der Waals surface area contributed by atoms with E-state index in [0.717, 1.165) is 0 Å². The Labute approximate surface area is 177 Å². The van der Waals surface area contributed by atoms with Crippen molar-refractivity contribution in [2.75, 3.05) is 0 Å². The molecule has 0 saturated heterocycles. The van der Waals surface area contributed by atoms with Crippen molar-refractivity contribution < 1.29 is 90.4 Å². The van der Waals surface area contributed by atoms with Crippen LogP contribution in [0.3, 0.4) is 0 Å². The van der Waals surface area contributed by atoms with Crippen molar-refractivity contribution in [2.45, 2.75) is 67.5 Å². The summed E-state index contributed by atoms with van der Waals surface area (Å²) in [7, 11) is 0. The highest BCUT2D eigenvalue weighted by Crippen LogP contribution is 2.63. The van der Waals surface area contributed by atoms with Gasteiger partial charge in [0.25, 0.3) is 0 Å². The van der Waals surface area contributed by atoms with Gasteiger partial charge in [-0.1, -0.05) is 6.58 Å². The Kier molecular flexibility index (Phi) is 9.28. The zero-order valence-corrected chi connectivity index (χ0v) is 16.1. The van der Waals surface area contributed by atoms with E-state index >= 15 is 0 Å². The summed E-state index contributed by atoms with van der Waals surface area (Å²) in [6.07, 6.45) is -4.96. The normalized spacial score (nSPS) is 15.1. The van der Waals surface area contributed by atoms with E-state index in [9.17, 15) is 75.0 Å². The first-order valence-electron chi connectivity index (χ1n) is 7.61. The van der Waals surface area contributed by atoms with E-state index in [2.05, 4.69) is 6.58 Å². The molecule has 20 heteroatoms. The average molecular weight is 548 g/mol. The molecule has 0 atom stereocenters. The first-order chi connectivity index (χ1) is 14.3. The van der Waals surface area contributed by atoms with E-state index in [1.54, 1.807) is 0 Å². The van der Waals surface area contributed by atoms with Gasteiger partial charge >= 0.3 is 53.3 Å². The summed E-state index contributed by atoms with van der Waals surface area (Å²) in [4.78, 5) is 9.60. The van der Waals surface area contributed by atoms with Crippen LogP contribution >= 0.6 is 0 Å². The van der Waals surface area contributed by atoms with Crippen LogP contribution in [0.25, 0.3) is 0 Å². The maximum Gasteiger partial charge on any atom is 0.385 e. The number of aliphatic carboxylic acids is 1. The van der Waals surface area contributed by atoms with Crippen LogP contribution in [-0.4, -0.2) is 75.0 Å². The van der Waals surface area contributed by atoms with Gasteiger partial charge in [0.15, 0.2) is 0 Å². The number of carboxylic acid groups (broad SMARTS) is 1. The fraction of sp³-hybridized carbons (Fsp3) is 0.786. The average Bonchev–Trinajstić information content (AvgIpc) is 2.59. The summed E-state index contributed by atoms with van der Waals surface area (Å²) in [5, 5.41) is 23.6. The molecule has 0 bridgehead atoms. The molecule has 0 spiro atoms. The van der Waals surface area contributed by atoms with Crippen LogP contribution < -0.4 is 0 Å². The summed E-state index contributed by atoms with van der Waals surface area (Å²) in [5.41, 5.74) is 0.176. The smallest absolute Gasteiger partial charge is 0.385 e. The number of aliphatic hydroxyl groups excluding tert-OH is 1. The molecule has 34 heavy (non-hydrogen) atoms. The number of alkyl halides is 16. The zero-order chi connectivity index (χ0) is 28.7. The van der Waals surface area contributed by atoms with Crippen molar-refractivity contribution in [1.29, 1.82) is 0 Å². The minimum Gasteiger partial charge on any atom is -0.478 e. The van der Waals surface area contributed by atoms with Gasteiger partial charge in [-0.2, -0.15) is 70.2 Å². The van der Waals surface area contributed by atoms with E-state index in [1.165, 1.54) is 6.92 Å². The number of aliphatic hydroxyl groups is 2. The van der Waals surface area contributed by atoms with Crippen molar-refractivity contribution in [3.63, 3.8) is 0 Å². The van der Waals surface area contributed by atoms with E-state index < -0.39 is 66.6 Å². The fourth-order valence-corrected chi connectivity index (χ4v) is 1.44. The molecule has 0 saturated carbocycles. The monoisotopic (exact) mass is 548 g/mol. The molecule has 0 aliphatic rings. The molecule has 0 rings (SSSR count). The second-order valence-corrected chi connectivity index (χ2v) is 6.42. The molecule has 0 aliphatic carbocycles. The number of rotatable bonds is 9. The number of carboxylic acids is 1. The van der Waals surface area contributed by atoms with Crippen LogP contribution in [0.2, 0.25) is 0 Å². The van der Waals surface area contributed by atoms with Gasteiger partial charge in [0.2, 0.25) is 6.29 Å². The Bertz CT molecular complexity index is 741. The van der Waals surface area contributed by atoms with Crippen LogP contribution in [0.5, 0.6) is 0 Å². The first kappa shape index (κ1) is 34.2. The fourth-order valence-electron chi connectivity index (χ4n) is 1.44. The highest BCUT2D eigenvalue weighted by molar-refractivity contribution is 5.84. The second kappa shape index (κ2) is 9.23. The molecular formula is C14H12F16O4. The maximum absolute atomic E-state index is 13.1. The van der Waals surface area contributed by atoms with Gasteiger partial charge in [-0.3, -0.25) is 0 Å². The Hall–Kier alpha value is -1.99. The lowest BCUT2D eigenvalue weighted by Crippen LogP contribution is -2.75.